The van der Waals surface area contributed by atoms with Gasteiger partial charge in [0.25, 0.3) is 5.91 Å². The van der Waals surface area contributed by atoms with Gasteiger partial charge in [0.15, 0.2) is 0 Å². The number of halogens is 1. The van der Waals surface area contributed by atoms with Crippen LogP contribution < -0.4 is 5.32 Å². The molecular formula is C17H24ClN3O3S. The highest BCUT2D eigenvalue weighted by Crippen LogP contribution is 2.25. The zero-order valence-electron chi connectivity index (χ0n) is 14.4. The molecule has 0 atom stereocenters. The molecule has 0 unspecified atom stereocenters. The number of carbonyl (C=O) groups excluding carboxylic acids is 1. The standard InChI is InChI=1S/C17H24ClN3O3S/c1-20-10-6-13(7-11-20)19-17(22)15-12-14(4-5-16(15)18)25(23,24)21-8-2-3-9-21/h4-5,12-13H,2-3,6-11H2,1H3,(H,19,22). The number of nitrogens with one attached hydrogen (secondary N) is 1. The minimum Gasteiger partial charge on any atom is -0.349 e. The summed E-state index contributed by atoms with van der Waals surface area (Å²) in [4.78, 5) is 15.0. The van der Waals surface area contributed by atoms with E-state index in [2.05, 4.69) is 17.3 Å². The number of hydrogen-bond acceptors (Lipinski definition) is 4. The lowest BCUT2D eigenvalue weighted by atomic mass is 10.0. The van der Waals surface area contributed by atoms with Crippen LogP contribution in [0.2, 0.25) is 5.02 Å². The van der Waals surface area contributed by atoms with Crippen LogP contribution in [0.4, 0.5) is 0 Å². The van der Waals surface area contributed by atoms with Gasteiger partial charge in [-0.15, -0.1) is 0 Å². The molecule has 3 rings (SSSR count). The Kier molecular flexibility index (Phi) is 5.68. The molecule has 0 aliphatic carbocycles. The zero-order valence-corrected chi connectivity index (χ0v) is 15.9. The minimum absolute atomic E-state index is 0.0959. The van der Waals surface area contributed by atoms with Gasteiger partial charge < -0.3 is 10.2 Å². The zero-order chi connectivity index (χ0) is 18.0. The van der Waals surface area contributed by atoms with Crippen molar-refractivity contribution in [2.24, 2.45) is 0 Å². The molecule has 2 saturated heterocycles. The highest BCUT2D eigenvalue weighted by molar-refractivity contribution is 7.89. The summed E-state index contributed by atoms with van der Waals surface area (Å²) in [5, 5.41) is 3.26. The lowest BCUT2D eigenvalue weighted by Crippen LogP contribution is -2.43. The molecule has 0 saturated carbocycles. The fourth-order valence-electron chi connectivity index (χ4n) is 3.33. The molecule has 1 N–H and O–H groups in total. The normalized spacial score (nSPS) is 20.7. The van der Waals surface area contributed by atoms with Gasteiger partial charge in [-0.05, 0) is 64.0 Å². The Morgan fingerprint density at radius 1 is 1.16 bits per heavy atom. The highest BCUT2D eigenvalue weighted by atomic mass is 35.5. The van der Waals surface area contributed by atoms with Crippen molar-refractivity contribution < 1.29 is 13.2 Å². The van der Waals surface area contributed by atoms with Crippen LogP contribution >= 0.6 is 11.6 Å². The van der Waals surface area contributed by atoms with Crippen molar-refractivity contribution in [1.82, 2.24) is 14.5 Å². The molecule has 8 heteroatoms. The summed E-state index contributed by atoms with van der Waals surface area (Å²) in [5.74, 6) is -0.307. The Labute approximate surface area is 154 Å². The summed E-state index contributed by atoms with van der Waals surface area (Å²) in [6.45, 7) is 2.92. The number of sulfonamides is 1. The number of carbonyl (C=O) groups is 1. The van der Waals surface area contributed by atoms with Crippen LogP contribution in [0.1, 0.15) is 36.0 Å². The Morgan fingerprint density at radius 2 is 1.80 bits per heavy atom. The number of rotatable bonds is 4. The quantitative estimate of drug-likeness (QED) is 0.860. The second kappa shape index (κ2) is 7.61. The molecule has 0 aromatic heterocycles. The monoisotopic (exact) mass is 385 g/mol. The Bertz CT molecular complexity index is 740. The molecule has 2 aliphatic heterocycles. The molecule has 2 heterocycles. The molecule has 0 spiro atoms. The third kappa shape index (κ3) is 4.16. The van der Waals surface area contributed by atoms with Crippen molar-refractivity contribution in [3.05, 3.63) is 28.8 Å². The highest BCUT2D eigenvalue weighted by Gasteiger charge is 2.28. The molecule has 1 aromatic rings. The van der Waals surface area contributed by atoms with E-state index in [1.54, 1.807) is 0 Å². The molecule has 1 amide bonds. The number of likely N-dealkylation sites (tertiary alicyclic amines) is 1. The Balaban J connectivity index is 1.78. The first-order valence-corrected chi connectivity index (χ1v) is 10.5. The van der Waals surface area contributed by atoms with Crippen molar-refractivity contribution in [2.45, 2.75) is 36.6 Å². The first-order valence-electron chi connectivity index (χ1n) is 8.67. The average Bonchev–Trinajstić information content (AvgIpc) is 3.12. The van der Waals surface area contributed by atoms with E-state index in [0.717, 1.165) is 38.8 Å². The second-order valence-corrected chi connectivity index (χ2v) is 9.15. The topological polar surface area (TPSA) is 69.7 Å². The van der Waals surface area contributed by atoms with Gasteiger partial charge in [0.2, 0.25) is 10.0 Å². The van der Waals surface area contributed by atoms with Crippen molar-refractivity contribution in [1.29, 1.82) is 0 Å². The van der Waals surface area contributed by atoms with Gasteiger partial charge in [-0.25, -0.2) is 8.42 Å². The van der Waals surface area contributed by atoms with Crippen LogP contribution in [0.5, 0.6) is 0 Å². The van der Waals surface area contributed by atoms with Gasteiger partial charge in [0, 0.05) is 19.1 Å². The summed E-state index contributed by atoms with van der Waals surface area (Å²) in [7, 11) is -1.51. The molecule has 0 bridgehead atoms. The number of hydrogen-bond donors (Lipinski definition) is 1. The largest absolute Gasteiger partial charge is 0.349 e. The van der Waals surface area contributed by atoms with E-state index >= 15 is 0 Å². The minimum atomic E-state index is -3.56. The van der Waals surface area contributed by atoms with E-state index in [9.17, 15) is 13.2 Å². The van der Waals surface area contributed by atoms with Crippen LogP contribution in [0.15, 0.2) is 23.1 Å². The van der Waals surface area contributed by atoms with E-state index in [4.69, 9.17) is 11.6 Å². The molecule has 0 radical (unpaired) electrons. The third-order valence-electron chi connectivity index (χ3n) is 4.94. The Morgan fingerprint density at radius 3 is 2.44 bits per heavy atom. The summed E-state index contributed by atoms with van der Waals surface area (Å²) < 4.78 is 26.9. The van der Waals surface area contributed by atoms with E-state index in [1.165, 1.54) is 22.5 Å². The van der Waals surface area contributed by atoms with Crippen LogP contribution in [-0.4, -0.2) is 62.8 Å². The average molecular weight is 386 g/mol. The lowest BCUT2D eigenvalue weighted by Gasteiger charge is -2.29. The first-order chi connectivity index (χ1) is 11.9. The van der Waals surface area contributed by atoms with Crippen molar-refractivity contribution in [3.8, 4) is 0 Å². The van der Waals surface area contributed by atoms with Gasteiger partial charge >= 0.3 is 0 Å². The molecule has 2 aliphatic rings. The van der Waals surface area contributed by atoms with Gasteiger partial charge in [0.05, 0.1) is 15.5 Å². The number of piperidine rings is 1. The van der Waals surface area contributed by atoms with Gasteiger partial charge in [-0.3, -0.25) is 4.79 Å². The van der Waals surface area contributed by atoms with Gasteiger partial charge in [-0.1, -0.05) is 11.6 Å². The molecule has 138 valence electrons. The molecule has 6 nitrogen and oxygen atoms in total. The van der Waals surface area contributed by atoms with Crippen LogP contribution in [0.25, 0.3) is 0 Å². The first kappa shape index (κ1) is 18.6. The predicted molar refractivity (Wildman–Crippen MR) is 97.4 cm³/mol. The maximum atomic E-state index is 12.7. The fourth-order valence-corrected chi connectivity index (χ4v) is 5.08. The predicted octanol–water partition coefficient (Wildman–Crippen LogP) is 1.95. The maximum Gasteiger partial charge on any atom is 0.253 e. The van der Waals surface area contributed by atoms with E-state index < -0.39 is 10.0 Å². The second-order valence-electron chi connectivity index (χ2n) is 6.80. The summed E-state index contributed by atoms with van der Waals surface area (Å²) in [6.07, 6.45) is 3.50. The number of amides is 1. The summed E-state index contributed by atoms with van der Waals surface area (Å²) in [5.41, 5.74) is 0.223. The Hall–Kier alpha value is -1.15. The molecular weight excluding hydrogens is 362 g/mol. The lowest BCUT2D eigenvalue weighted by molar-refractivity contribution is 0.0917. The molecule has 2 fully saturated rings. The van der Waals surface area contributed by atoms with Gasteiger partial charge in [0.1, 0.15) is 0 Å². The van der Waals surface area contributed by atoms with Crippen LogP contribution in [0, 0.1) is 0 Å². The molecule has 1 aromatic carbocycles. The summed E-state index contributed by atoms with van der Waals surface area (Å²) in [6, 6.07) is 4.47. The summed E-state index contributed by atoms with van der Waals surface area (Å²) >= 11 is 6.16. The number of benzene rings is 1. The number of nitrogens with zero attached hydrogens (tertiary/aromatic N) is 2. The van der Waals surface area contributed by atoms with Crippen molar-refractivity contribution in [2.75, 3.05) is 33.2 Å². The van der Waals surface area contributed by atoms with E-state index in [1.807, 2.05) is 0 Å². The maximum absolute atomic E-state index is 12.7. The van der Waals surface area contributed by atoms with Crippen molar-refractivity contribution in [3.63, 3.8) is 0 Å². The van der Waals surface area contributed by atoms with E-state index in [0.29, 0.717) is 13.1 Å². The molecule has 25 heavy (non-hydrogen) atoms. The third-order valence-corrected chi connectivity index (χ3v) is 7.16. The van der Waals surface area contributed by atoms with E-state index in [-0.39, 0.29) is 27.4 Å². The van der Waals surface area contributed by atoms with Gasteiger partial charge in [-0.2, -0.15) is 4.31 Å². The van der Waals surface area contributed by atoms with Crippen LogP contribution in [0.3, 0.4) is 0 Å². The SMILES string of the molecule is CN1CCC(NC(=O)c2cc(S(=O)(=O)N3CCCC3)ccc2Cl)CC1. The smallest absolute Gasteiger partial charge is 0.253 e. The van der Waals surface area contributed by atoms with Crippen LogP contribution in [-0.2, 0) is 10.0 Å². The van der Waals surface area contributed by atoms with Crippen molar-refractivity contribution >= 4 is 27.5 Å². The fraction of sp³-hybridized carbons (Fsp3) is 0.588.